The van der Waals surface area contributed by atoms with Gasteiger partial charge in [0.05, 0.1) is 39.3 Å². The quantitative estimate of drug-likeness (QED) is 0.286. The smallest absolute Gasteiger partial charge is 0.231 e. The number of rotatable bonds is 12. The molecule has 1 atom stereocenters. The van der Waals surface area contributed by atoms with E-state index < -0.39 is 17.4 Å². The molecule has 0 radical (unpaired) electrons. The lowest BCUT2D eigenvalue weighted by molar-refractivity contribution is -0.122. The van der Waals surface area contributed by atoms with Crippen molar-refractivity contribution >= 4 is 17.8 Å². The van der Waals surface area contributed by atoms with E-state index in [1.54, 1.807) is 37.4 Å². The van der Waals surface area contributed by atoms with E-state index in [9.17, 15) is 14.0 Å². The molecule has 0 aromatic heterocycles. The number of hydrogen-bond acceptors (Lipinski definition) is 6. The lowest BCUT2D eigenvalue weighted by atomic mass is 10.00. The van der Waals surface area contributed by atoms with Crippen LogP contribution in [-0.4, -0.2) is 45.1 Å². The molecule has 2 aromatic carbocycles. The van der Waals surface area contributed by atoms with E-state index in [1.165, 1.54) is 20.3 Å². The second-order valence-corrected chi connectivity index (χ2v) is 9.90. The SMILES string of the molecule is COc1cc(C2(NC(=O)C[C@@H](CC(C)C)N=C(N)NC(=O)Cc3ccc(OC)c(OC)c3)CC2)ccc1F. The number of ether oxygens (including phenoxy) is 3. The van der Waals surface area contributed by atoms with Crippen LogP contribution in [0.3, 0.4) is 0 Å². The molecule has 1 aliphatic rings. The zero-order valence-electron chi connectivity index (χ0n) is 22.6. The molecule has 9 nitrogen and oxygen atoms in total. The number of carbonyl (C=O) groups excluding carboxylic acids is 2. The van der Waals surface area contributed by atoms with E-state index in [4.69, 9.17) is 19.9 Å². The van der Waals surface area contributed by atoms with Crippen molar-refractivity contribution in [3.8, 4) is 17.2 Å². The van der Waals surface area contributed by atoms with E-state index in [0.29, 0.717) is 17.9 Å². The highest BCUT2D eigenvalue weighted by Gasteiger charge is 2.46. The number of methoxy groups -OCH3 is 3. The maximum atomic E-state index is 13.9. The first-order valence-electron chi connectivity index (χ1n) is 12.6. The topological polar surface area (TPSA) is 124 Å². The fraction of sp³-hybridized carbons (Fsp3) is 0.464. The zero-order valence-corrected chi connectivity index (χ0v) is 22.6. The third-order valence-corrected chi connectivity index (χ3v) is 6.40. The Balaban J connectivity index is 1.63. The average molecular weight is 529 g/mol. The highest BCUT2D eigenvalue weighted by Crippen LogP contribution is 2.46. The lowest BCUT2D eigenvalue weighted by Gasteiger charge is -2.21. The number of benzene rings is 2. The molecule has 1 saturated carbocycles. The number of aliphatic imine (C=N–C) groups is 1. The van der Waals surface area contributed by atoms with Crippen molar-refractivity contribution in [2.24, 2.45) is 16.6 Å². The van der Waals surface area contributed by atoms with E-state index in [1.807, 2.05) is 13.8 Å². The summed E-state index contributed by atoms with van der Waals surface area (Å²) in [7, 11) is 4.48. The number of nitrogens with zero attached hydrogens (tertiary/aromatic N) is 1. The van der Waals surface area contributed by atoms with Gasteiger partial charge in [-0.2, -0.15) is 0 Å². The van der Waals surface area contributed by atoms with Gasteiger partial charge in [0.1, 0.15) is 0 Å². The number of hydrogen-bond donors (Lipinski definition) is 3. The minimum atomic E-state index is -0.538. The molecule has 3 rings (SSSR count). The van der Waals surface area contributed by atoms with Crippen LogP contribution in [0, 0.1) is 11.7 Å². The van der Waals surface area contributed by atoms with Gasteiger partial charge in [0.25, 0.3) is 0 Å². The largest absolute Gasteiger partial charge is 0.494 e. The van der Waals surface area contributed by atoms with Crippen molar-refractivity contribution in [2.75, 3.05) is 21.3 Å². The minimum Gasteiger partial charge on any atom is -0.494 e. The van der Waals surface area contributed by atoms with Gasteiger partial charge in [-0.25, -0.2) is 9.38 Å². The molecule has 38 heavy (non-hydrogen) atoms. The van der Waals surface area contributed by atoms with Crippen molar-refractivity contribution in [3.05, 3.63) is 53.3 Å². The maximum Gasteiger partial charge on any atom is 0.231 e. The predicted molar refractivity (Wildman–Crippen MR) is 143 cm³/mol. The van der Waals surface area contributed by atoms with Gasteiger partial charge in [-0.1, -0.05) is 26.0 Å². The number of carbonyl (C=O) groups is 2. The minimum absolute atomic E-state index is 0.0432. The van der Waals surface area contributed by atoms with Gasteiger partial charge in [-0.3, -0.25) is 14.9 Å². The summed E-state index contributed by atoms with van der Waals surface area (Å²) in [6.07, 6.45) is 2.27. The standard InChI is InChI=1S/C28H37FN4O5/c1-17(2)12-20(16-26(35)33-28(10-11-28)19-7-8-21(29)23(15-19)37-4)31-27(30)32-25(34)14-18-6-9-22(36-3)24(13-18)38-5/h6-9,13,15,17,20H,10-12,14,16H2,1-5H3,(H,33,35)(H3,30,31,32,34)/t20-/m1/s1. The molecule has 0 heterocycles. The van der Waals surface area contributed by atoms with Crippen molar-refractivity contribution in [1.82, 2.24) is 10.6 Å². The Morgan fingerprint density at radius 1 is 1.00 bits per heavy atom. The normalized spacial score (nSPS) is 15.0. The monoisotopic (exact) mass is 528 g/mol. The highest BCUT2D eigenvalue weighted by atomic mass is 19.1. The maximum absolute atomic E-state index is 13.9. The van der Waals surface area contributed by atoms with Crippen LogP contribution < -0.4 is 30.6 Å². The van der Waals surface area contributed by atoms with Gasteiger partial charge >= 0.3 is 0 Å². The first-order valence-corrected chi connectivity index (χ1v) is 12.6. The van der Waals surface area contributed by atoms with Gasteiger partial charge in [0.2, 0.25) is 11.8 Å². The Morgan fingerprint density at radius 3 is 2.29 bits per heavy atom. The number of amides is 2. The second kappa shape index (κ2) is 12.6. The van der Waals surface area contributed by atoms with Gasteiger partial charge < -0.3 is 25.3 Å². The first kappa shape index (κ1) is 28.7. The number of nitrogens with one attached hydrogen (secondary N) is 2. The predicted octanol–water partition coefficient (Wildman–Crippen LogP) is 3.44. The summed E-state index contributed by atoms with van der Waals surface area (Å²) in [5.41, 5.74) is 7.03. The Hall–Kier alpha value is -3.82. The summed E-state index contributed by atoms with van der Waals surface area (Å²) in [6.45, 7) is 4.05. The third-order valence-electron chi connectivity index (χ3n) is 6.40. The van der Waals surface area contributed by atoms with E-state index in [0.717, 1.165) is 24.0 Å². The first-order chi connectivity index (χ1) is 18.1. The summed E-state index contributed by atoms with van der Waals surface area (Å²) in [6, 6.07) is 9.43. The van der Waals surface area contributed by atoms with Gasteiger partial charge in [0, 0.05) is 6.42 Å². The summed E-state index contributed by atoms with van der Waals surface area (Å²) >= 11 is 0. The van der Waals surface area contributed by atoms with Crippen molar-refractivity contribution in [2.45, 2.75) is 57.5 Å². The molecule has 0 bridgehead atoms. The molecule has 4 N–H and O–H groups in total. The fourth-order valence-corrected chi connectivity index (χ4v) is 4.42. The molecular formula is C28H37FN4O5. The van der Waals surface area contributed by atoms with Crippen LogP contribution in [0.25, 0.3) is 0 Å². The summed E-state index contributed by atoms with van der Waals surface area (Å²) in [5, 5.41) is 5.70. The Labute approximate surface area is 222 Å². The van der Waals surface area contributed by atoms with E-state index in [2.05, 4.69) is 15.6 Å². The molecule has 2 amide bonds. The molecular weight excluding hydrogens is 491 g/mol. The Morgan fingerprint density at radius 2 is 1.68 bits per heavy atom. The molecule has 1 aliphatic carbocycles. The van der Waals surface area contributed by atoms with E-state index >= 15 is 0 Å². The molecule has 0 aliphatic heterocycles. The van der Waals surface area contributed by atoms with Crippen LogP contribution >= 0.6 is 0 Å². The van der Waals surface area contributed by atoms with Gasteiger partial charge in [-0.15, -0.1) is 0 Å². The van der Waals surface area contributed by atoms with Crippen molar-refractivity contribution < 1.29 is 28.2 Å². The highest BCUT2D eigenvalue weighted by molar-refractivity contribution is 5.97. The molecule has 1 fully saturated rings. The van der Waals surface area contributed by atoms with Crippen LogP contribution in [0.4, 0.5) is 4.39 Å². The number of halogens is 1. The Bertz CT molecular complexity index is 1180. The molecule has 206 valence electrons. The third kappa shape index (κ3) is 7.60. The summed E-state index contributed by atoms with van der Waals surface area (Å²) in [5.74, 6) is 0.462. The number of guanidine groups is 1. The summed E-state index contributed by atoms with van der Waals surface area (Å²) < 4.78 is 29.5. The molecule has 0 spiro atoms. The van der Waals surface area contributed by atoms with Gasteiger partial charge in [-0.05, 0) is 60.6 Å². The van der Waals surface area contributed by atoms with Crippen LogP contribution in [0.5, 0.6) is 17.2 Å². The number of nitrogens with two attached hydrogens (primary N) is 1. The average Bonchev–Trinajstić information content (AvgIpc) is 3.63. The second-order valence-electron chi connectivity index (χ2n) is 9.90. The van der Waals surface area contributed by atoms with Crippen LogP contribution in [0.1, 0.15) is 50.7 Å². The molecule has 0 saturated heterocycles. The zero-order chi connectivity index (χ0) is 27.9. The Kier molecular flexibility index (Phi) is 9.55. The molecule has 2 aromatic rings. The fourth-order valence-electron chi connectivity index (χ4n) is 4.42. The van der Waals surface area contributed by atoms with E-state index in [-0.39, 0.29) is 42.3 Å². The van der Waals surface area contributed by atoms with Crippen LogP contribution in [0.2, 0.25) is 0 Å². The van der Waals surface area contributed by atoms with Crippen LogP contribution in [0.15, 0.2) is 41.4 Å². The molecule has 0 unspecified atom stereocenters. The van der Waals surface area contributed by atoms with Crippen molar-refractivity contribution in [3.63, 3.8) is 0 Å². The summed E-state index contributed by atoms with van der Waals surface area (Å²) in [4.78, 5) is 30.0. The molecule has 10 heteroatoms. The van der Waals surface area contributed by atoms with Crippen molar-refractivity contribution in [1.29, 1.82) is 0 Å². The van der Waals surface area contributed by atoms with Gasteiger partial charge in [0.15, 0.2) is 29.0 Å². The van der Waals surface area contributed by atoms with Crippen LogP contribution in [-0.2, 0) is 21.5 Å². The lowest BCUT2D eigenvalue weighted by Crippen LogP contribution is -2.40.